The molecule has 2 heterocycles. The second kappa shape index (κ2) is 13.3. The first-order chi connectivity index (χ1) is 23.0. The number of imidazole rings is 1. The van der Waals surface area contributed by atoms with Gasteiger partial charge in [-0.1, -0.05) is 137 Å². The van der Waals surface area contributed by atoms with Gasteiger partial charge in [0.1, 0.15) is 4.90 Å². The summed E-state index contributed by atoms with van der Waals surface area (Å²) in [4.78, 5) is 10.5. The molecular formula is C39H35BrN4O2S. The summed E-state index contributed by atoms with van der Waals surface area (Å²) >= 11 is 3.59. The lowest BCUT2D eigenvalue weighted by Gasteiger charge is -2.48. The van der Waals surface area contributed by atoms with E-state index in [1.165, 1.54) is 0 Å². The lowest BCUT2D eigenvalue weighted by molar-refractivity contribution is 0.397. The number of H-pyrrole nitrogens is 1. The highest BCUT2D eigenvalue weighted by Crippen LogP contribution is 2.53. The molecule has 0 bridgehead atoms. The zero-order valence-electron chi connectivity index (χ0n) is 25.8. The minimum Gasteiger partial charge on any atom is -0.359 e. The van der Waals surface area contributed by atoms with Gasteiger partial charge in [0.15, 0.2) is 0 Å². The molecule has 0 spiro atoms. The molecule has 1 aliphatic rings. The molecule has 0 saturated heterocycles. The van der Waals surface area contributed by atoms with Crippen molar-refractivity contribution in [2.75, 3.05) is 24.5 Å². The van der Waals surface area contributed by atoms with E-state index >= 15 is 0 Å². The highest BCUT2D eigenvalue weighted by atomic mass is 79.9. The maximum atomic E-state index is 14.6. The van der Waals surface area contributed by atoms with Gasteiger partial charge in [-0.2, -0.15) is 4.31 Å². The number of aromatic amines is 1. The lowest BCUT2D eigenvalue weighted by atomic mass is 9.63. The van der Waals surface area contributed by atoms with Crippen molar-refractivity contribution in [3.63, 3.8) is 0 Å². The molecule has 0 amide bonds. The van der Waals surface area contributed by atoms with Crippen molar-refractivity contribution >= 4 is 31.6 Å². The Labute approximate surface area is 284 Å². The molecule has 47 heavy (non-hydrogen) atoms. The summed E-state index contributed by atoms with van der Waals surface area (Å²) in [6.07, 6.45) is 4.20. The van der Waals surface area contributed by atoms with Gasteiger partial charge in [0.05, 0.1) is 35.4 Å². The Morgan fingerprint density at radius 1 is 0.745 bits per heavy atom. The molecule has 1 aromatic heterocycles. The first kappa shape index (κ1) is 31.1. The van der Waals surface area contributed by atoms with Gasteiger partial charge in [-0.05, 0) is 46.9 Å². The van der Waals surface area contributed by atoms with Gasteiger partial charge in [0.25, 0.3) is 0 Å². The van der Waals surface area contributed by atoms with Gasteiger partial charge >= 0.3 is 0 Å². The predicted molar refractivity (Wildman–Crippen MR) is 191 cm³/mol. The third-order valence-electron chi connectivity index (χ3n) is 9.16. The molecule has 236 valence electrons. The monoisotopic (exact) mass is 702 g/mol. The van der Waals surface area contributed by atoms with Gasteiger partial charge in [0, 0.05) is 24.1 Å². The fourth-order valence-corrected chi connectivity index (χ4v) is 9.23. The average Bonchev–Trinajstić information content (AvgIpc) is 3.62. The molecule has 0 fully saturated rings. The lowest BCUT2D eigenvalue weighted by Crippen LogP contribution is -2.48. The summed E-state index contributed by atoms with van der Waals surface area (Å²) in [5.74, 6) is 0. The van der Waals surface area contributed by atoms with Crippen molar-refractivity contribution in [2.45, 2.75) is 22.8 Å². The quantitative estimate of drug-likeness (QED) is 0.155. The number of hydrogen-bond donors (Lipinski definition) is 1. The Morgan fingerprint density at radius 3 is 1.83 bits per heavy atom. The van der Waals surface area contributed by atoms with Crippen LogP contribution in [0.25, 0.3) is 0 Å². The molecule has 6 nitrogen and oxygen atoms in total. The zero-order chi connectivity index (χ0) is 32.3. The van der Waals surface area contributed by atoms with E-state index in [1.54, 1.807) is 16.7 Å². The molecule has 6 aromatic rings. The Morgan fingerprint density at radius 2 is 1.30 bits per heavy atom. The van der Waals surface area contributed by atoms with Crippen LogP contribution >= 0.6 is 15.9 Å². The summed E-state index contributed by atoms with van der Waals surface area (Å²) in [5, 5.41) is 0. The number of sulfonamides is 1. The summed E-state index contributed by atoms with van der Waals surface area (Å²) < 4.78 is 31.5. The molecule has 1 unspecified atom stereocenters. The number of rotatable bonds is 9. The van der Waals surface area contributed by atoms with Crippen LogP contribution in [-0.2, 0) is 21.9 Å². The Balaban J connectivity index is 1.48. The van der Waals surface area contributed by atoms with E-state index in [-0.39, 0.29) is 4.90 Å². The second-order valence-corrected chi connectivity index (χ2v) is 14.6. The molecule has 1 N–H and O–H groups in total. The first-order valence-electron chi connectivity index (χ1n) is 15.7. The van der Waals surface area contributed by atoms with E-state index in [4.69, 9.17) is 0 Å². The number of fused-ring (bicyclic) bond motifs is 1. The van der Waals surface area contributed by atoms with Crippen molar-refractivity contribution in [2.24, 2.45) is 0 Å². The normalized spacial score (nSPS) is 15.5. The molecule has 0 radical (unpaired) electrons. The summed E-state index contributed by atoms with van der Waals surface area (Å²) in [6.45, 7) is 1.16. The number of nitrogens with one attached hydrogen (secondary N) is 1. The fraction of sp³-hybridized carbons (Fsp3) is 0.154. The molecule has 1 aliphatic heterocycles. The van der Waals surface area contributed by atoms with Crippen LogP contribution in [0.15, 0.2) is 161 Å². The van der Waals surface area contributed by atoms with Crippen LogP contribution in [0.2, 0.25) is 0 Å². The molecule has 7 rings (SSSR count). The summed E-state index contributed by atoms with van der Waals surface area (Å²) in [5.41, 5.74) is 5.12. The van der Waals surface area contributed by atoms with Crippen LogP contribution < -0.4 is 4.90 Å². The number of anilines is 1. The van der Waals surface area contributed by atoms with Crippen LogP contribution in [0.5, 0.6) is 0 Å². The van der Waals surface area contributed by atoms with Crippen molar-refractivity contribution in [3.8, 4) is 0 Å². The highest BCUT2D eigenvalue weighted by Gasteiger charge is 2.50. The summed E-state index contributed by atoms with van der Waals surface area (Å²) in [7, 11) is -3.85. The standard InChI is InChI=1S/C39H35BrN4O2S/c40-34-21-22-36-37(27-34)47(45,46)43(24-23-30-13-5-1-6-14-30)25-26-44(36)38(35-28-41-29-42-35)39(31-15-7-2-8-16-31,32-17-9-3-10-18-32)33-19-11-4-12-20-33/h1-22,27-29,38H,23-26H2,(H,41,42). The number of benzene rings is 5. The van der Waals surface area contributed by atoms with Crippen molar-refractivity contribution in [3.05, 3.63) is 184 Å². The topological polar surface area (TPSA) is 69.3 Å². The van der Waals surface area contributed by atoms with Crippen LogP contribution in [0, 0.1) is 0 Å². The molecular weight excluding hydrogens is 668 g/mol. The number of halogens is 1. The SMILES string of the molecule is O=S1(=O)c2cc(Br)ccc2N(C(c2cnc[nH]2)C(c2ccccc2)(c2ccccc2)c2ccccc2)CCN1CCc1ccccc1. The molecule has 0 saturated carbocycles. The Kier molecular flexibility index (Phi) is 8.82. The second-order valence-electron chi connectivity index (χ2n) is 11.8. The van der Waals surface area contributed by atoms with Crippen LogP contribution in [0.4, 0.5) is 5.69 Å². The van der Waals surface area contributed by atoms with E-state index < -0.39 is 21.5 Å². The van der Waals surface area contributed by atoms with Crippen molar-refractivity contribution in [1.82, 2.24) is 14.3 Å². The van der Waals surface area contributed by atoms with E-state index in [0.29, 0.717) is 36.2 Å². The van der Waals surface area contributed by atoms with E-state index in [9.17, 15) is 8.42 Å². The van der Waals surface area contributed by atoms with Gasteiger partial charge in [-0.15, -0.1) is 0 Å². The fourth-order valence-electron chi connectivity index (χ4n) is 7.06. The third-order valence-corrected chi connectivity index (χ3v) is 11.6. The third kappa shape index (κ3) is 5.82. The minimum atomic E-state index is -3.85. The largest absolute Gasteiger partial charge is 0.359 e. The van der Waals surface area contributed by atoms with Gasteiger partial charge in [0.2, 0.25) is 10.0 Å². The van der Waals surface area contributed by atoms with Gasteiger partial charge in [-0.25, -0.2) is 13.4 Å². The maximum Gasteiger partial charge on any atom is 0.245 e. The molecule has 1 atom stereocenters. The Hall–Kier alpha value is -4.50. The highest BCUT2D eigenvalue weighted by molar-refractivity contribution is 9.10. The number of hydrogen-bond acceptors (Lipinski definition) is 4. The van der Waals surface area contributed by atoms with E-state index in [2.05, 4.69) is 104 Å². The van der Waals surface area contributed by atoms with Gasteiger partial charge < -0.3 is 9.88 Å². The van der Waals surface area contributed by atoms with E-state index in [1.807, 2.05) is 66.9 Å². The smallest absolute Gasteiger partial charge is 0.245 e. The predicted octanol–water partition coefficient (Wildman–Crippen LogP) is 8.00. The van der Waals surface area contributed by atoms with Crippen molar-refractivity contribution < 1.29 is 8.42 Å². The minimum absolute atomic E-state index is 0.282. The average molecular weight is 704 g/mol. The number of aromatic nitrogens is 2. The number of nitrogens with zero attached hydrogens (tertiary/aromatic N) is 3. The van der Waals surface area contributed by atoms with E-state index in [0.717, 1.165) is 27.9 Å². The maximum absolute atomic E-state index is 14.6. The molecule has 0 aliphatic carbocycles. The van der Waals surface area contributed by atoms with Crippen LogP contribution in [0.1, 0.15) is 34.0 Å². The summed E-state index contributed by atoms with van der Waals surface area (Å²) in [6, 6.07) is 46.8. The van der Waals surface area contributed by atoms with Crippen LogP contribution in [0.3, 0.4) is 0 Å². The molecule has 8 heteroatoms. The molecule has 5 aromatic carbocycles. The van der Waals surface area contributed by atoms with Crippen molar-refractivity contribution in [1.29, 1.82) is 0 Å². The first-order valence-corrected chi connectivity index (χ1v) is 18.0. The zero-order valence-corrected chi connectivity index (χ0v) is 28.2. The Bertz CT molecular complexity index is 1930. The van der Waals surface area contributed by atoms with Gasteiger partial charge in [-0.3, -0.25) is 0 Å². The van der Waals surface area contributed by atoms with Crippen LogP contribution in [-0.4, -0.2) is 42.3 Å².